The number of hydrogen-bond donors (Lipinski definition) is 2. The summed E-state index contributed by atoms with van der Waals surface area (Å²) in [4.78, 5) is 0. The molecule has 0 bridgehead atoms. The Morgan fingerprint density at radius 1 is 1.12 bits per heavy atom. The number of nitrogens with one attached hydrogen (secondary N) is 1. The van der Waals surface area contributed by atoms with E-state index in [0.717, 1.165) is 15.7 Å². The van der Waals surface area contributed by atoms with Gasteiger partial charge in [-0.2, -0.15) is 0 Å². The first-order valence-electron chi connectivity index (χ1n) is 5.43. The molecule has 0 radical (unpaired) electrons. The van der Waals surface area contributed by atoms with Crippen molar-refractivity contribution >= 4 is 21.6 Å². The fourth-order valence-corrected chi connectivity index (χ4v) is 1.86. The lowest BCUT2D eigenvalue weighted by atomic mass is 10.2. The molecular weight excluding hydrogens is 278 g/mol. The van der Waals surface area contributed by atoms with E-state index in [0.29, 0.717) is 6.54 Å². The van der Waals surface area contributed by atoms with Gasteiger partial charge in [0.05, 0.1) is 5.69 Å². The Morgan fingerprint density at radius 2 is 1.82 bits per heavy atom. The molecule has 0 fully saturated rings. The van der Waals surface area contributed by atoms with Crippen molar-refractivity contribution in [2.75, 3.05) is 5.32 Å². The summed E-state index contributed by atoms with van der Waals surface area (Å²) in [5.41, 5.74) is 3.07. The molecule has 2 aromatic carbocycles. The predicted molar refractivity (Wildman–Crippen MR) is 74.3 cm³/mol. The number of rotatable bonds is 3. The summed E-state index contributed by atoms with van der Waals surface area (Å²) < 4.78 is 1.07. The Hall–Kier alpha value is -1.48. The normalized spacial score (nSPS) is 10.2. The van der Waals surface area contributed by atoms with Gasteiger partial charge < -0.3 is 10.4 Å². The summed E-state index contributed by atoms with van der Waals surface area (Å²) >= 11 is 3.40. The van der Waals surface area contributed by atoms with Gasteiger partial charge in [-0.25, -0.2) is 0 Å². The van der Waals surface area contributed by atoms with Crippen LogP contribution in [0.4, 0.5) is 5.69 Å². The lowest BCUT2D eigenvalue weighted by molar-refractivity contribution is 0.477. The van der Waals surface area contributed by atoms with E-state index in [1.807, 2.05) is 43.3 Å². The van der Waals surface area contributed by atoms with Crippen molar-refractivity contribution in [1.29, 1.82) is 0 Å². The monoisotopic (exact) mass is 291 g/mol. The number of aromatic hydroxyl groups is 1. The van der Waals surface area contributed by atoms with Gasteiger partial charge in [0.25, 0.3) is 0 Å². The maximum Gasteiger partial charge on any atom is 0.138 e. The molecule has 0 saturated heterocycles. The number of hydrogen-bond acceptors (Lipinski definition) is 2. The van der Waals surface area contributed by atoms with Gasteiger partial charge >= 0.3 is 0 Å². The predicted octanol–water partition coefficient (Wildman–Crippen LogP) is 4.08. The first-order valence-corrected chi connectivity index (χ1v) is 6.22. The van der Waals surface area contributed by atoms with Crippen molar-refractivity contribution in [3.05, 3.63) is 58.1 Å². The van der Waals surface area contributed by atoms with E-state index >= 15 is 0 Å². The van der Waals surface area contributed by atoms with Crippen LogP contribution in [0.25, 0.3) is 0 Å². The minimum absolute atomic E-state index is 0.285. The molecule has 0 spiro atoms. The molecule has 0 aromatic heterocycles. The van der Waals surface area contributed by atoms with E-state index in [1.54, 1.807) is 6.07 Å². The minimum atomic E-state index is 0.285. The van der Waals surface area contributed by atoms with Crippen molar-refractivity contribution in [3.8, 4) is 5.75 Å². The quantitative estimate of drug-likeness (QED) is 0.836. The number of phenolic OH excluding ortho intramolecular Hbond substituents is 1. The van der Waals surface area contributed by atoms with Gasteiger partial charge in [-0.15, -0.1) is 0 Å². The van der Waals surface area contributed by atoms with Crippen molar-refractivity contribution < 1.29 is 5.11 Å². The van der Waals surface area contributed by atoms with Crippen molar-refractivity contribution in [2.45, 2.75) is 13.5 Å². The van der Waals surface area contributed by atoms with Crippen LogP contribution in [0.3, 0.4) is 0 Å². The molecule has 0 atom stereocenters. The van der Waals surface area contributed by atoms with E-state index in [4.69, 9.17) is 0 Å². The molecule has 17 heavy (non-hydrogen) atoms. The largest absolute Gasteiger partial charge is 0.506 e. The third-order valence-electron chi connectivity index (χ3n) is 2.55. The standard InChI is InChI=1S/C14H14BrNO/c1-10-2-7-14(17)13(8-10)16-9-11-3-5-12(15)6-4-11/h2-8,16-17H,9H2,1H3. The van der Waals surface area contributed by atoms with Gasteiger partial charge in [-0.3, -0.25) is 0 Å². The smallest absolute Gasteiger partial charge is 0.138 e. The lowest BCUT2D eigenvalue weighted by Crippen LogP contribution is -1.99. The topological polar surface area (TPSA) is 32.3 Å². The van der Waals surface area contributed by atoms with E-state index < -0.39 is 0 Å². The highest BCUT2D eigenvalue weighted by molar-refractivity contribution is 9.10. The molecule has 2 nitrogen and oxygen atoms in total. The Labute approximate surface area is 109 Å². The van der Waals surface area contributed by atoms with Gasteiger partial charge in [0, 0.05) is 11.0 Å². The highest BCUT2D eigenvalue weighted by Gasteiger charge is 2.00. The second kappa shape index (κ2) is 5.23. The first kappa shape index (κ1) is 12.0. The van der Waals surface area contributed by atoms with Gasteiger partial charge in [-0.05, 0) is 42.3 Å². The van der Waals surface area contributed by atoms with Crippen LogP contribution in [0.5, 0.6) is 5.75 Å². The Morgan fingerprint density at radius 3 is 2.53 bits per heavy atom. The number of anilines is 1. The highest BCUT2D eigenvalue weighted by Crippen LogP contribution is 2.24. The number of aryl methyl sites for hydroxylation is 1. The van der Waals surface area contributed by atoms with Crippen LogP contribution in [0.2, 0.25) is 0 Å². The Kier molecular flexibility index (Phi) is 3.69. The van der Waals surface area contributed by atoms with Crippen molar-refractivity contribution in [3.63, 3.8) is 0 Å². The first-order chi connectivity index (χ1) is 8.15. The zero-order chi connectivity index (χ0) is 12.3. The van der Waals surface area contributed by atoms with Crippen LogP contribution < -0.4 is 5.32 Å². The molecule has 2 N–H and O–H groups in total. The molecule has 0 saturated carbocycles. The molecule has 0 aliphatic carbocycles. The van der Waals surface area contributed by atoms with Crippen LogP contribution in [-0.2, 0) is 6.54 Å². The van der Waals surface area contributed by atoms with E-state index in [9.17, 15) is 5.11 Å². The summed E-state index contributed by atoms with van der Waals surface area (Å²) in [7, 11) is 0. The van der Waals surface area contributed by atoms with Crippen LogP contribution in [0, 0.1) is 6.92 Å². The molecule has 3 heteroatoms. The molecule has 88 valence electrons. The second-order valence-corrected chi connectivity index (χ2v) is 4.92. The zero-order valence-corrected chi connectivity index (χ0v) is 11.2. The molecule has 2 rings (SSSR count). The number of phenols is 1. The fraction of sp³-hybridized carbons (Fsp3) is 0.143. The fourth-order valence-electron chi connectivity index (χ4n) is 1.59. The second-order valence-electron chi connectivity index (χ2n) is 4.00. The van der Waals surface area contributed by atoms with E-state index in [-0.39, 0.29) is 5.75 Å². The van der Waals surface area contributed by atoms with Crippen LogP contribution in [0.1, 0.15) is 11.1 Å². The summed E-state index contributed by atoms with van der Waals surface area (Å²) in [6.07, 6.45) is 0. The Bertz CT molecular complexity index is 508. The Balaban J connectivity index is 2.07. The highest BCUT2D eigenvalue weighted by atomic mass is 79.9. The molecular formula is C14H14BrNO. The molecule has 2 aromatic rings. The van der Waals surface area contributed by atoms with E-state index in [1.165, 1.54) is 5.56 Å². The molecule has 0 aliphatic rings. The summed E-state index contributed by atoms with van der Waals surface area (Å²) in [6, 6.07) is 13.6. The van der Waals surface area contributed by atoms with E-state index in [2.05, 4.69) is 21.2 Å². The van der Waals surface area contributed by atoms with Crippen molar-refractivity contribution in [1.82, 2.24) is 0 Å². The maximum absolute atomic E-state index is 9.69. The number of benzene rings is 2. The third-order valence-corrected chi connectivity index (χ3v) is 3.08. The van der Waals surface area contributed by atoms with Gasteiger partial charge in [0.1, 0.15) is 5.75 Å². The van der Waals surface area contributed by atoms with Crippen LogP contribution in [-0.4, -0.2) is 5.11 Å². The molecule has 0 heterocycles. The maximum atomic E-state index is 9.69. The summed E-state index contributed by atoms with van der Waals surface area (Å²) in [5, 5.41) is 12.9. The average Bonchev–Trinajstić information content (AvgIpc) is 2.32. The summed E-state index contributed by atoms with van der Waals surface area (Å²) in [5.74, 6) is 0.285. The van der Waals surface area contributed by atoms with Gasteiger partial charge in [0.2, 0.25) is 0 Å². The van der Waals surface area contributed by atoms with Crippen LogP contribution in [0.15, 0.2) is 46.9 Å². The molecule has 0 amide bonds. The SMILES string of the molecule is Cc1ccc(O)c(NCc2ccc(Br)cc2)c1. The summed E-state index contributed by atoms with van der Waals surface area (Å²) in [6.45, 7) is 2.70. The van der Waals surface area contributed by atoms with Crippen LogP contribution >= 0.6 is 15.9 Å². The number of halogens is 1. The third kappa shape index (κ3) is 3.24. The zero-order valence-electron chi connectivity index (χ0n) is 9.57. The lowest BCUT2D eigenvalue weighted by Gasteiger charge is -2.09. The molecule has 0 aliphatic heterocycles. The van der Waals surface area contributed by atoms with Gasteiger partial charge in [0.15, 0.2) is 0 Å². The average molecular weight is 292 g/mol. The van der Waals surface area contributed by atoms with Gasteiger partial charge in [-0.1, -0.05) is 34.1 Å². The molecule has 0 unspecified atom stereocenters. The minimum Gasteiger partial charge on any atom is -0.506 e. The van der Waals surface area contributed by atoms with Crippen molar-refractivity contribution in [2.24, 2.45) is 0 Å².